The Morgan fingerprint density at radius 3 is 2.29 bits per heavy atom. The van der Waals surface area contributed by atoms with E-state index < -0.39 is 17.7 Å². The highest BCUT2D eigenvalue weighted by Gasteiger charge is 2.49. The van der Waals surface area contributed by atoms with Crippen LogP contribution >= 0.6 is 0 Å². The molecule has 148 valence electrons. The first-order chi connectivity index (χ1) is 13.2. The molecule has 0 saturated carbocycles. The third-order valence-corrected chi connectivity index (χ3v) is 5.13. The van der Waals surface area contributed by atoms with Gasteiger partial charge in [0.1, 0.15) is 24.0 Å². The smallest absolute Gasteiger partial charge is 0.325 e. The highest BCUT2D eigenvalue weighted by molar-refractivity contribution is 6.07. The summed E-state index contributed by atoms with van der Waals surface area (Å²) < 4.78 is 5.74. The van der Waals surface area contributed by atoms with E-state index in [-0.39, 0.29) is 19.1 Å². The summed E-state index contributed by atoms with van der Waals surface area (Å²) in [6.45, 7) is 7.36. The van der Waals surface area contributed by atoms with Crippen molar-refractivity contribution in [3.63, 3.8) is 0 Å². The fourth-order valence-corrected chi connectivity index (χ4v) is 3.42. The molecule has 2 atom stereocenters. The minimum Gasteiger partial charge on any atom is -0.490 e. The number of ether oxygens (including phenoxy) is 1. The maximum atomic E-state index is 12.9. The number of aliphatic hydroxyl groups excluding tert-OH is 1. The van der Waals surface area contributed by atoms with Gasteiger partial charge in [-0.15, -0.1) is 0 Å². The van der Waals surface area contributed by atoms with Gasteiger partial charge in [0.05, 0.1) is 6.54 Å². The first-order valence-corrected chi connectivity index (χ1v) is 9.30. The summed E-state index contributed by atoms with van der Waals surface area (Å²) in [6, 6.07) is 12.7. The molecule has 3 rings (SSSR count). The lowest BCUT2D eigenvalue weighted by atomic mass is 9.91. The van der Waals surface area contributed by atoms with Gasteiger partial charge in [0.25, 0.3) is 5.91 Å². The van der Waals surface area contributed by atoms with E-state index in [2.05, 4.69) is 5.32 Å². The first-order valence-electron chi connectivity index (χ1n) is 9.30. The first kappa shape index (κ1) is 19.9. The van der Waals surface area contributed by atoms with E-state index in [0.29, 0.717) is 11.3 Å². The third-order valence-electron chi connectivity index (χ3n) is 5.13. The highest BCUT2D eigenvalue weighted by atomic mass is 16.5. The maximum Gasteiger partial charge on any atom is 0.325 e. The number of carbonyl (C=O) groups is 2. The van der Waals surface area contributed by atoms with Crippen LogP contribution in [0.3, 0.4) is 0 Å². The molecule has 2 aromatic rings. The zero-order chi connectivity index (χ0) is 20.5. The summed E-state index contributed by atoms with van der Waals surface area (Å²) in [7, 11) is 0. The van der Waals surface area contributed by atoms with Gasteiger partial charge >= 0.3 is 6.03 Å². The van der Waals surface area contributed by atoms with Crippen molar-refractivity contribution in [2.45, 2.75) is 39.3 Å². The van der Waals surface area contributed by atoms with E-state index >= 15 is 0 Å². The van der Waals surface area contributed by atoms with Gasteiger partial charge in [-0.2, -0.15) is 0 Å². The van der Waals surface area contributed by atoms with Crippen molar-refractivity contribution in [3.8, 4) is 5.75 Å². The van der Waals surface area contributed by atoms with E-state index in [1.54, 1.807) is 6.92 Å². The molecule has 3 amide bonds. The fourth-order valence-electron chi connectivity index (χ4n) is 3.42. The average molecular weight is 382 g/mol. The molecular weight excluding hydrogens is 356 g/mol. The lowest BCUT2D eigenvalue weighted by Crippen LogP contribution is -2.42. The van der Waals surface area contributed by atoms with Gasteiger partial charge in [-0.25, -0.2) is 4.79 Å². The minimum atomic E-state index is -1.14. The molecule has 1 fully saturated rings. The molecule has 1 aliphatic rings. The molecule has 0 aliphatic carbocycles. The van der Waals surface area contributed by atoms with Crippen molar-refractivity contribution >= 4 is 11.9 Å². The topological polar surface area (TPSA) is 78.9 Å². The molecule has 0 aromatic heterocycles. The molecule has 0 radical (unpaired) electrons. The number of hydrogen-bond donors (Lipinski definition) is 2. The molecule has 2 aromatic carbocycles. The second-order valence-corrected chi connectivity index (χ2v) is 7.52. The van der Waals surface area contributed by atoms with Crippen LogP contribution in [0, 0.1) is 20.8 Å². The number of nitrogens with one attached hydrogen (secondary N) is 1. The zero-order valence-electron chi connectivity index (χ0n) is 16.7. The predicted molar refractivity (Wildman–Crippen MR) is 106 cm³/mol. The lowest BCUT2D eigenvalue weighted by Gasteiger charge is -2.23. The van der Waals surface area contributed by atoms with Crippen molar-refractivity contribution in [2.75, 3.05) is 13.2 Å². The van der Waals surface area contributed by atoms with Crippen molar-refractivity contribution in [1.29, 1.82) is 0 Å². The molecule has 6 nitrogen and oxygen atoms in total. The molecule has 6 heteroatoms. The van der Waals surface area contributed by atoms with Crippen molar-refractivity contribution in [2.24, 2.45) is 0 Å². The molecule has 0 bridgehead atoms. The third kappa shape index (κ3) is 3.73. The van der Waals surface area contributed by atoms with Gasteiger partial charge in [0.15, 0.2) is 0 Å². The summed E-state index contributed by atoms with van der Waals surface area (Å²) in [5.74, 6) is 0.329. The average Bonchev–Trinajstić information content (AvgIpc) is 2.86. The number of imide groups is 1. The monoisotopic (exact) mass is 382 g/mol. The van der Waals surface area contributed by atoms with E-state index in [1.165, 1.54) is 0 Å². The number of rotatable bonds is 6. The quantitative estimate of drug-likeness (QED) is 0.753. The minimum absolute atomic E-state index is 0.00992. The number of benzene rings is 2. The number of amides is 3. The summed E-state index contributed by atoms with van der Waals surface area (Å²) in [4.78, 5) is 26.4. The molecule has 1 saturated heterocycles. The number of urea groups is 1. The van der Waals surface area contributed by atoms with Crippen LogP contribution in [0.25, 0.3) is 0 Å². The Kier molecular flexibility index (Phi) is 5.42. The van der Waals surface area contributed by atoms with Gasteiger partial charge in [-0.1, -0.05) is 48.0 Å². The summed E-state index contributed by atoms with van der Waals surface area (Å²) in [5.41, 5.74) is 2.57. The van der Waals surface area contributed by atoms with Crippen LogP contribution in [0.1, 0.15) is 29.2 Å². The van der Waals surface area contributed by atoms with Crippen LogP contribution in [0.2, 0.25) is 0 Å². The molecule has 1 heterocycles. The molecule has 2 N–H and O–H groups in total. The van der Waals surface area contributed by atoms with Gasteiger partial charge in [-0.05, 0) is 44.4 Å². The number of β-amino-alcohol motifs (C(OH)–C–C–N with tert-alkyl or cyclic N) is 1. The zero-order valence-corrected chi connectivity index (χ0v) is 16.7. The lowest BCUT2D eigenvalue weighted by molar-refractivity contribution is -0.132. The standard InChI is InChI=1S/C22H26N2O4/c1-14-8-10-17(11-9-14)22(4)20(26)24(21(27)23-22)12-18(25)13-28-19-15(2)6-5-7-16(19)3/h5-11,18,25H,12-13H2,1-4H3,(H,23,27)/t18-,22-/m0/s1. The molecule has 28 heavy (non-hydrogen) atoms. The Bertz CT molecular complexity index is 874. The predicted octanol–water partition coefficient (Wildman–Crippen LogP) is 2.82. The van der Waals surface area contributed by atoms with Crippen LogP contribution in [0.4, 0.5) is 4.79 Å². The van der Waals surface area contributed by atoms with Crippen LogP contribution in [-0.4, -0.2) is 41.2 Å². The second-order valence-electron chi connectivity index (χ2n) is 7.52. The van der Waals surface area contributed by atoms with Crippen LogP contribution in [0.5, 0.6) is 5.75 Å². The van der Waals surface area contributed by atoms with Crippen molar-refractivity contribution in [3.05, 3.63) is 64.7 Å². The van der Waals surface area contributed by atoms with E-state index in [4.69, 9.17) is 4.74 Å². The summed E-state index contributed by atoms with van der Waals surface area (Å²) in [5, 5.41) is 13.1. The normalized spacial score (nSPS) is 20.2. The Labute approximate surface area is 165 Å². The second kappa shape index (κ2) is 7.64. The van der Waals surface area contributed by atoms with Gasteiger partial charge < -0.3 is 15.2 Å². The number of para-hydroxylation sites is 1. The van der Waals surface area contributed by atoms with Crippen LogP contribution < -0.4 is 10.1 Å². The van der Waals surface area contributed by atoms with Crippen LogP contribution in [-0.2, 0) is 10.3 Å². The van der Waals surface area contributed by atoms with E-state index in [0.717, 1.165) is 21.6 Å². The largest absolute Gasteiger partial charge is 0.490 e. The maximum absolute atomic E-state index is 12.9. The van der Waals surface area contributed by atoms with E-state index in [1.807, 2.05) is 63.2 Å². The SMILES string of the molecule is Cc1ccc([C@]2(C)NC(=O)N(C[C@H](O)COc3c(C)cccc3C)C2=O)cc1. The Balaban J connectivity index is 1.68. The molecule has 0 unspecified atom stereocenters. The molecule has 1 aliphatic heterocycles. The van der Waals surface area contributed by atoms with Crippen molar-refractivity contribution < 1.29 is 19.4 Å². The van der Waals surface area contributed by atoms with Gasteiger partial charge in [0, 0.05) is 0 Å². The number of nitrogens with zero attached hydrogens (tertiary/aromatic N) is 1. The number of carbonyl (C=O) groups excluding carboxylic acids is 2. The molecular formula is C22H26N2O4. The molecule has 0 spiro atoms. The van der Waals surface area contributed by atoms with Crippen LogP contribution in [0.15, 0.2) is 42.5 Å². The highest BCUT2D eigenvalue weighted by Crippen LogP contribution is 2.29. The van der Waals surface area contributed by atoms with E-state index in [9.17, 15) is 14.7 Å². The van der Waals surface area contributed by atoms with Gasteiger partial charge in [0.2, 0.25) is 0 Å². The fraction of sp³-hybridized carbons (Fsp3) is 0.364. The summed E-state index contributed by atoms with van der Waals surface area (Å²) >= 11 is 0. The Morgan fingerprint density at radius 2 is 1.68 bits per heavy atom. The van der Waals surface area contributed by atoms with Crippen molar-refractivity contribution in [1.82, 2.24) is 10.2 Å². The summed E-state index contributed by atoms with van der Waals surface area (Å²) in [6.07, 6.45) is -0.992. The Morgan fingerprint density at radius 1 is 1.07 bits per heavy atom. The number of aliphatic hydroxyl groups is 1. The Hall–Kier alpha value is -2.86. The van der Waals surface area contributed by atoms with Gasteiger partial charge in [-0.3, -0.25) is 9.69 Å². The number of hydrogen-bond acceptors (Lipinski definition) is 4. The number of aryl methyl sites for hydroxylation is 3.